The van der Waals surface area contributed by atoms with Crippen molar-refractivity contribution in [3.8, 4) is 0 Å². The van der Waals surface area contributed by atoms with Gasteiger partial charge in [0.25, 0.3) is 5.56 Å². The van der Waals surface area contributed by atoms with E-state index < -0.39 is 0 Å². The zero-order valence-corrected chi connectivity index (χ0v) is 12.8. The third-order valence-corrected chi connectivity index (χ3v) is 3.78. The molecule has 5 heteroatoms. The van der Waals surface area contributed by atoms with Crippen LogP contribution in [0.25, 0.3) is 0 Å². The molecule has 112 valence electrons. The van der Waals surface area contributed by atoms with Crippen LogP contribution in [0.1, 0.15) is 33.6 Å². The predicted molar refractivity (Wildman–Crippen MR) is 82.2 cm³/mol. The largest absolute Gasteiger partial charge is 0.348 e. The molecule has 1 unspecified atom stereocenters. The maximum atomic E-state index is 12.6. The zero-order valence-electron chi connectivity index (χ0n) is 12.8. The van der Waals surface area contributed by atoms with Gasteiger partial charge < -0.3 is 14.8 Å². The highest BCUT2D eigenvalue weighted by Gasteiger charge is 2.23. The molecule has 1 N–H and O–H groups in total. The van der Waals surface area contributed by atoms with Crippen LogP contribution in [0.3, 0.4) is 0 Å². The number of aromatic nitrogens is 2. The van der Waals surface area contributed by atoms with E-state index in [1.807, 2.05) is 0 Å². The maximum absolute atomic E-state index is 12.6. The average Bonchev–Trinajstić information content (AvgIpc) is 2.44. The van der Waals surface area contributed by atoms with Gasteiger partial charge in [-0.2, -0.15) is 0 Å². The van der Waals surface area contributed by atoms with Gasteiger partial charge in [0.2, 0.25) is 0 Å². The first kappa shape index (κ1) is 15.0. The quantitative estimate of drug-likeness (QED) is 0.886. The highest BCUT2D eigenvalue weighted by molar-refractivity contribution is 5.37. The lowest BCUT2D eigenvalue weighted by Gasteiger charge is -2.34. The Bertz CT molecular complexity index is 477. The van der Waals surface area contributed by atoms with Crippen LogP contribution >= 0.6 is 0 Å². The van der Waals surface area contributed by atoms with Crippen molar-refractivity contribution >= 4 is 5.82 Å². The third-order valence-electron chi connectivity index (χ3n) is 3.78. The monoisotopic (exact) mass is 278 g/mol. The van der Waals surface area contributed by atoms with Gasteiger partial charge in [-0.15, -0.1) is 0 Å². The van der Waals surface area contributed by atoms with E-state index in [0.29, 0.717) is 17.8 Å². The van der Waals surface area contributed by atoms with Crippen molar-refractivity contribution in [2.75, 3.05) is 24.5 Å². The fraction of sp³-hybridized carbons (Fsp3) is 0.733. The molecule has 20 heavy (non-hydrogen) atoms. The molecular weight excluding hydrogens is 252 g/mol. The van der Waals surface area contributed by atoms with Gasteiger partial charge in [0.05, 0.1) is 0 Å². The Kier molecular flexibility index (Phi) is 5.17. The number of anilines is 1. The number of likely N-dealkylation sites (N-methyl/N-ethyl adjacent to an activating group) is 1. The Morgan fingerprint density at radius 3 is 2.95 bits per heavy atom. The van der Waals surface area contributed by atoms with E-state index >= 15 is 0 Å². The fourth-order valence-electron chi connectivity index (χ4n) is 2.85. The van der Waals surface area contributed by atoms with Crippen LogP contribution in [-0.2, 0) is 6.54 Å². The number of nitrogens with zero attached hydrogens (tertiary/aromatic N) is 3. The van der Waals surface area contributed by atoms with E-state index in [9.17, 15) is 4.79 Å². The second-order valence-corrected chi connectivity index (χ2v) is 5.89. The van der Waals surface area contributed by atoms with Gasteiger partial charge in [-0.1, -0.05) is 13.8 Å². The first-order valence-corrected chi connectivity index (χ1v) is 7.66. The van der Waals surface area contributed by atoms with Gasteiger partial charge in [0.1, 0.15) is 0 Å². The maximum Gasteiger partial charge on any atom is 0.293 e. The molecular formula is C15H26N4O. The first-order chi connectivity index (χ1) is 9.63. The number of rotatable bonds is 5. The first-order valence-electron chi connectivity index (χ1n) is 7.66. The Labute approximate surface area is 121 Å². The van der Waals surface area contributed by atoms with Gasteiger partial charge in [-0.3, -0.25) is 4.79 Å². The summed E-state index contributed by atoms with van der Waals surface area (Å²) in [5, 5.41) is 3.41. The molecule has 1 atom stereocenters. The van der Waals surface area contributed by atoms with Crippen LogP contribution in [0.15, 0.2) is 17.2 Å². The molecule has 1 aromatic heterocycles. The van der Waals surface area contributed by atoms with Gasteiger partial charge in [-0.05, 0) is 32.2 Å². The Hall–Kier alpha value is -1.36. The summed E-state index contributed by atoms with van der Waals surface area (Å²) < 4.78 is 1.78. The summed E-state index contributed by atoms with van der Waals surface area (Å²) in [5.41, 5.74) is 0.0358. The van der Waals surface area contributed by atoms with Crippen molar-refractivity contribution in [2.24, 2.45) is 5.92 Å². The fourth-order valence-corrected chi connectivity index (χ4v) is 2.85. The lowest BCUT2D eigenvalue weighted by Crippen LogP contribution is -2.48. The lowest BCUT2D eigenvalue weighted by atomic mass is 10.1. The summed E-state index contributed by atoms with van der Waals surface area (Å²) in [7, 11) is 0. The molecule has 0 aliphatic carbocycles. The predicted octanol–water partition coefficient (Wildman–Crippen LogP) is 1.48. The smallest absolute Gasteiger partial charge is 0.293 e. The topological polar surface area (TPSA) is 50.2 Å². The molecule has 0 radical (unpaired) electrons. The summed E-state index contributed by atoms with van der Waals surface area (Å²) in [6.45, 7) is 9.91. The molecule has 1 aliphatic rings. The molecule has 0 spiro atoms. The Balaban J connectivity index is 2.27. The summed E-state index contributed by atoms with van der Waals surface area (Å²) in [6, 6.07) is 0.379. The molecule has 2 rings (SSSR count). The molecule has 0 aromatic carbocycles. The highest BCUT2D eigenvalue weighted by atomic mass is 16.1. The van der Waals surface area contributed by atoms with Crippen LogP contribution in [-0.4, -0.2) is 35.2 Å². The molecule has 0 amide bonds. The Morgan fingerprint density at radius 1 is 1.55 bits per heavy atom. The number of hydrogen-bond acceptors (Lipinski definition) is 4. The number of hydrogen-bond donors (Lipinski definition) is 1. The van der Waals surface area contributed by atoms with E-state index in [1.54, 1.807) is 17.0 Å². The van der Waals surface area contributed by atoms with Crippen molar-refractivity contribution in [3.05, 3.63) is 22.7 Å². The lowest BCUT2D eigenvalue weighted by molar-refractivity contribution is 0.430. The van der Waals surface area contributed by atoms with Gasteiger partial charge in [-0.25, -0.2) is 4.98 Å². The minimum Gasteiger partial charge on any atom is -0.348 e. The van der Waals surface area contributed by atoms with Gasteiger partial charge >= 0.3 is 0 Å². The average molecular weight is 278 g/mol. The van der Waals surface area contributed by atoms with E-state index in [0.717, 1.165) is 39.0 Å². The molecule has 0 bridgehead atoms. The molecule has 1 aromatic rings. The molecule has 1 fully saturated rings. The van der Waals surface area contributed by atoms with Crippen molar-refractivity contribution in [3.63, 3.8) is 0 Å². The molecule has 0 saturated carbocycles. The van der Waals surface area contributed by atoms with Gasteiger partial charge in [0, 0.05) is 38.1 Å². The minimum absolute atomic E-state index is 0.0358. The van der Waals surface area contributed by atoms with Crippen molar-refractivity contribution < 1.29 is 0 Å². The van der Waals surface area contributed by atoms with E-state index in [2.05, 4.69) is 36.0 Å². The normalized spacial score (nSPS) is 19.3. The summed E-state index contributed by atoms with van der Waals surface area (Å²) in [6.07, 6.45) is 5.83. The Morgan fingerprint density at radius 2 is 2.35 bits per heavy atom. The molecule has 2 heterocycles. The summed E-state index contributed by atoms with van der Waals surface area (Å²) in [5.74, 6) is 1.05. The van der Waals surface area contributed by atoms with Crippen LogP contribution in [0.5, 0.6) is 0 Å². The second-order valence-electron chi connectivity index (χ2n) is 5.89. The minimum atomic E-state index is 0.0358. The summed E-state index contributed by atoms with van der Waals surface area (Å²) in [4.78, 5) is 19.1. The molecule has 1 aliphatic heterocycles. The van der Waals surface area contributed by atoms with E-state index in [4.69, 9.17) is 0 Å². The van der Waals surface area contributed by atoms with Crippen molar-refractivity contribution in [1.82, 2.24) is 14.9 Å². The molecule has 1 saturated heterocycles. The van der Waals surface area contributed by atoms with Crippen molar-refractivity contribution in [2.45, 2.75) is 46.2 Å². The highest BCUT2D eigenvalue weighted by Crippen LogP contribution is 2.15. The van der Waals surface area contributed by atoms with Crippen molar-refractivity contribution in [1.29, 1.82) is 0 Å². The van der Waals surface area contributed by atoms with Crippen LogP contribution in [0.2, 0.25) is 0 Å². The van der Waals surface area contributed by atoms with Crippen LogP contribution in [0, 0.1) is 5.92 Å². The number of piperidine rings is 1. The van der Waals surface area contributed by atoms with E-state index in [1.165, 1.54) is 0 Å². The number of nitrogens with one attached hydrogen (secondary N) is 1. The second kappa shape index (κ2) is 6.88. The third kappa shape index (κ3) is 3.39. The zero-order chi connectivity index (χ0) is 14.5. The summed E-state index contributed by atoms with van der Waals surface area (Å²) >= 11 is 0. The molecule has 5 nitrogen and oxygen atoms in total. The van der Waals surface area contributed by atoms with E-state index in [-0.39, 0.29) is 5.56 Å². The van der Waals surface area contributed by atoms with Gasteiger partial charge in [0.15, 0.2) is 5.82 Å². The van der Waals surface area contributed by atoms with Crippen LogP contribution < -0.4 is 15.8 Å². The SMILES string of the molecule is CCN(c1nccn(CC(C)C)c1=O)C1CCCNC1. The standard InChI is InChI=1S/C15H26N4O/c1-4-19(13-6-5-7-16-10-13)14-15(20)18(9-8-17-14)11-12(2)3/h8-9,12-13,16H,4-7,10-11H2,1-3H3. The van der Waals surface area contributed by atoms with Crippen LogP contribution in [0.4, 0.5) is 5.82 Å².